The maximum atomic E-state index is 11.4. The molecule has 0 radical (unpaired) electrons. The van der Waals surface area contributed by atoms with Crippen LogP contribution in [0.15, 0.2) is 35.3 Å². The predicted molar refractivity (Wildman–Crippen MR) is 113 cm³/mol. The first kappa shape index (κ1) is 23.9. The molecular formula is C16H29IN4O3S. The summed E-state index contributed by atoms with van der Waals surface area (Å²) in [6.45, 7) is 5.21. The highest BCUT2D eigenvalue weighted by atomic mass is 127. The van der Waals surface area contributed by atoms with Crippen molar-refractivity contribution in [2.75, 3.05) is 40.0 Å². The van der Waals surface area contributed by atoms with Gasteiger partial charge in [0, 0.05) is 26.2 Å². The quantitative estimate of drug-likeness (QED) is 0.332. The Morgan fingerprint density at radius 3 is 2.40 bits per heavy atom. The van der Waals surface area contributed by atoms with Crippen LogP contribution in [-0.2, 0) is 10.0 Å². The average molecular weight is 484 g/mol. The number of guanidine groups is 1. The summed E-state index contributed by atoms with van der Waals surface area (Å²) in [5.41, 5.74) is -0.620. The number of nitrogens with one attached hydrogen (secondary N) is 2. The van der Waals surface area contributed by atoms with Crippen LogP contribution in [-0.4, -0.2) is 64.9 Å². The second-order valence-corrected chi connectivity index (χ2v) is 7.99. The van der Waals surface area contributed by atoms with Crippen molar-refractivity contribution >= 4 is 40.0 Å². The third-order valence-corrected chi connectivity index (χ3v) is 4.09. The number of benzene rings is 1. The summed E-state index contributed by atoms with van der Waals surface area (Å²) in [5, 5.41) is 3.17. The van der Waals surface area contributed by atoms with Crippen LogP contribution in [0.4, 0.5) is 0 Å². The van der Waals surface area contributed by atoms with Crippen molar-refractivity contribution in [3.05, 3.63) is 30.3 Å². The normalized spacial score (nSPS) is 12.3. The number of sulfonamides is 1. The Kier molecular flexibility index (Phi) is 10.4. The summed E-state index contributed by atoms with van der Waals surface area (Å²) in [5.74, 6) is 1.50. The summed E-state index contributed by atoms with van der Waals surface area (Å²) in [6.07, 6.45) is 1.15. The third-order valence-electron chi connectivity index (χ3n) is 3.16. The molecule has 0 aliphatic heterocycles. The second kappa shape index (κ2) is 10.8. The van der Waals surface area contributed by atoms with Crippen LogP contribution in [0.5, 0.6) is 5.75 Å². The molecule has 0 aliphatic rings. The number of hydrogen-bond donors (Lipinski definition) is 2. The molecule has 0 aromatic heterocycles. The zero-order chi connectivity index (χ0) is 18.2. The molecule has 1 rings (SSSR count). The van der Waals surface area contributed by atoms with Gasteiger partial charge in [0.25, 0.3) is 0 Å². The van der Waals surface area contributed by atoms with Gasteiger partial charge in [-0.3, -0.25) is 4.99 Å². The Bertz CT molecular complexity index is 636. The van der Waals surface area contributed by atoms with Crippen molar-refractivity contribution in [3.63, 3.8) is 0 Å². The van der Waals surface area contributed by atoms with Crippen LogP contribution in [0.1, 0.15) is 13.8 Å². The average Bonchev–Trinajstić information content (AvgIpc) is 2.46. The van der Waals surface area contributed by atoms with E-state index in [-0.39, 0.29) is 24.0 Å². The maximum Gasteiger partial charge on any atom is 0.209 e. The Morgan fingerprint density at radius 1 is 1.28 bits per heavy atom. The minimum atomic E-state index is -3.26. The van der Waals surface area contributed by atoms with E-state index < -0.39 is 15.6 Å². The van der Waals surface area contributed by atoms with Gasteiger partial charge in [-0.2, -0.15) is 0 Å². The molecule has 0 heterocycles. The topological polar surface area (TPSA) is 83.0 Å². The lowest BCUT2D eigenvalue weighted by Crippen LogP contribution is -2.53. The monoisotopic (exact) mass is 484 g/mol. The molecule has 0 bridgehead atoms. The molecule has 2 N–H and O–H groups in total. The van der Waals surface area contributed by atoms with Crippen molar-refractivity contribution < 1.29 is 13.2 Å². The van der Waals surface area contributed by atoms with Gasteiger partial charge in [-0.05, 0) is 26.0 Å². The Hall–Kier alpha value is -1.07. The number of hydrogen-bond acceptors (Lipinski definition) is 4. The second-order valence-electron chi connectivity index (χ2n) is 6.24. The number of rotatable bonds is 8. The highest BCUT2D eigenvalue weighted by Crippen LogP contribution is 2.08. The third kappa shape index (κ3) is 10.5. The lowest BCUT2D eigenvalue weighted by Gasteiger charge is -2.29. The van der Waals surface area contributed by atoms with Gasteiger partial charge in [0.05, 0.1) is 12.8 Å². The molecule has 0 unspecified atom stereocenters. The first-order chi connectivity index (χ1) is 11.1. The number of aliphatic imine (C=N–C) groups is 1. The number of halogens is 1. The van der Waals surface area contributed by atoms with Crippen LogP contribution in [0.2, 0.25) is 0 Å². The zero-order valence-electron chi connectivity index (χ0n) is 15.4. The lowest BCUT2D eigenvalue weighted by molar-refractivity contribution is 0.280. The molecular weight excluding hydrogens is 455 g/mol. The van der Waals surface area contributed by atoms with Gasteiger partial charge in [0.2, 0.25) is 10.0 Å². The predicted octanol–water partition coefficient (Wildman–Crippen LogP) is 1.52. The van der Waals surface area contributed by atoms with E-state index in [2.05, 4.69) is 15.0 Å². The molecule has 0 saturated carbocycles. The van der Waals surface area contributed by atoms with Crippen LogP contribution >= 0.6 is 24.0 Å². The van der Waals surface area contributed by atoms with Crippen molar-refractivity contribution in [3.8, 4) is 5.75 Å². The van der Waals surface area contributed by atoms with Gasteiger partial charge in [0.15, 0.2) is 5.96 Å². The van der Waals surface area contributed by atoms with Crippen molar-refractivity contribution in [2.45, 2.75) is 19.4 Å². The molecule has 144 valence electrons. The standard InChI is InChI=1S/C16H28N4O3S.HI/c1-16(2,19-24(5,21)22)13-18-15(17-3)20(4)11-12-23-14-9-7-6-8-10-14;/h6-10,19H,11-13H2,1-5H3,(H,17,18);1H. The smallest absolute Gasteiger partial charge is 0.209 e. The van der Waals surface area contributed by atoms with E-state index in [0.29, 0.717) is 25.7 Å². The molecule has 1 aromatic rings. The fourth-order valence-corrected chi connectivity index (χ4v) is 3.22. The van der Waals surface area contributed by atoms with Crippen LogP contribution in [0, 0.1) is 0 Å². The summed E-state index contributed by atoms with van der Waals surface area (Å²) >= 11 is 0. The highest BCUT2D eigenvalue weighted by Gasteiger charge is 2.22. The SMILES string of the molecule is CN=C(NCC(C)(C)NS(C)(=O)=O)N(C)CCOc1ccccc1.I. The summed E-state index contributed by atoms with van der Waals surface area (Å²) in [7, 11) is 0.327. The number of para-hydroxylation sites is 1. The molecule has 0 spiro atoms. The molecule has 7 nitrogen and oxygen atoms in total. The zero-order valence-corrected chi connectivity index (χ0v) is 18.6. The lowest BCUT2D eigenvalue weighted by atomic mass is 10.1. The minimum absolute atomic E-state index is 0. The highest BCUT2D eigenvalue weighted by molar-refractivity contribution is 14.0. The maximum absolute atomic E-state index is 11.4. The first-order valence-electron chi connectivity index (χ1n) is 7.71. The Labute approximate surface area is 168 Å². The van der Waals surface area contributed by atoms with E-state index in [1.54, 1.807) is 7.05 Å². The minimum Gasteiger partial charge on any atom is -0.492 e. The molecule has 9 heteroatoms. The van der Waals surface area contributed by atoms with Crippen molar-refractivity contribution in [1.29, 1.82) is 0 Å². The molecule has 0 fully saturated rings. The van der Waals surface area contributed by atoms with Gasteiger partial charge < -0.3 is 15.0 Å². The van der Waals surface area contributed by atoms with Gasteiger partial charge in [0.1, 0.15) is 12.4 Å². The molecule has 0 atom stereocenters. The van der Waals surface area contributed by atoms with Crippen LogP contribution < -0.4 is 14.8 Å². The van der Waals surface area contributed by atoms with Gasteiger partial charge in [-0.25, -0.2) is 13.1 Å². The van der Waals surface area contributed by atoms with Gasteiger partial charge >= 0.3 is 0 Å². The molecule has 0 aliphatic carbocycles. The van der Waals surface area contributed by atoms with Crippen LogP contribution in [0.25, 0.3) is 0 Å². The Balaban J connectivity index is 0.00000576. The summed E-state index contributed by atoms with van der Waals surface area (Å²) in [6, 6.07) is 9.61. The summed E-state index contributed by atoms with van der Waals surface area (Å²) < 4.78 is 31.0. The molecule has 0 saturated heterocycles. The van der Waals surface area contributed by atoms with Gasteiger partial charge in [-0.15, -0.1) is 24.0 Å². The van der Waals surface area contributed by atoms with E-state index >= 15 is 0 Å². The van der Waals surface area contributed by atoms with E-state index in [1.807, 2.05) is 56.1 Å². The van der Waals surface area contributed by atoms with Crippen molar-refractivity contribution in [1.82, 2.24) is 14.9 Å². The number of ether oxygens (including phenoxy) is 1. The molecule has 1 aromatic carbocycles. The Morgan fingerprint density at radius 2 is 1.88 bits per heavy atom. The van der Waals surface area contributed by atoms with Gasteiger partial charge in [-0.1, -0.05) is 18.2 Å². The van der Waals surface area contributed by atoms with E-state index in [9.17, 15) is 8.42 Å². The first-order valence-corrected chi connectivity index (χ1v) is 9.61. The van der Waals surface area contributed by atoms with E-state index in [4.69, 9.17) is 4.74 Å². The fourth-order valence-electron chi connectivity index (χ4n) is 2.15. The largest absolute Gasteiger partial charge is 0.492 e. The van der Waals surface area contributed by atoms with Crippen LogP contribution in [0.3, 0.4) is 0 Å². The number of nitrogens with zero attached hydrogens (tertiary/aromatic N) is 2. The fraction of sp³-hybridized carbons (Fsp3) is 0.562. The molecule has 0 amide bonds. The van der Waals surface area contributed by atoms with E-state index in [0.717, 1.165) is 12.0 Å². The van der Waals surface area contributed by atoms with Crippen molar-refractivity contribution in [2.24, 2.45) is 4.99 Å². The summed E-state index contributed by atoms with van der Waals surface area (Å²) in [4.78, 5) is 6.14. The molecule has 25 heavy (non-hydrogen) atoms. The van der Waals surface area contributed by atoms with E-state index in [1.165, 1.54) is 0 Å². The number of likely N-dealkylation sites (N-methyl/N-ethyl adjacent to an activating group) is 1.